The molecule has 0 fully saturated rings. The van der Waals surface area contributed by atoms with E-state index >= 15 is 0 Å². The molecule has 0 aliphatic heterocycles. The van der Waals surface area contributed by atoms with Crippen LogP contribution in [0.25, 0.3) is 11.6 Å². The topological polar surface area (TPSA) is 0 Å². The van der Waals surface area contributed by atoms with Crippen LogP contribution >= 0.6 is 0 Å². The van der Waals surface area contributed by atoms with Crippen molar-refractivity contribution >= 4 is 14.9 Å². The van der Waals surface area contributed by atoms with Crippen LogP contribution in [0.2, 0.25) is 0 Å². The van der Waals surface area contributed by atoms with Crippen LogP contribution in [-0.4, -0.2) is 3.21 Å². The average Bonchev–Trinajstić information content (AvgIpc) is 3.69. The third-order valence-electron chi connectivity index (χ3n) is 9.14. The second-order valence-corrected chi connectivity index (χ2v) is 13.4. The molecule has 0 saturated heterocycles. The summed E-state index contributed by atoms with van der Waals surface area (Å²) in [6, 6.07) is 28.1. The van der Waals surface area contributed by atoms with E-state index in [0.29, 0.717) is 11.8 Å². The van der Waals surface area contributed by atoms with Gasteiger partial charge in [0, 0.05) is 0 Å². The number of hydrogen-bond acceptors (Lipinski definition) is 0. The van der Waals surface area contributed by atoms with Crippen LogP contribution in [0.5, 0.6) is 0 Å². The van der Waals surface area contributed by atoms with Gasteiger partial charge in [0.1, 0.15) is 0 Å². The van der Waals surface area contributed by atoms with Crippen molar-refractivity contribution in [1.29, 1.82) is 0 Å². The third kappa shape index (κ3) is 5.83. The van der Waals surface area contributed by atoms with Gasteiger partial charge in [-0.2, -0.15) is 0 Å². The van der Waals surface area contributed by atoms with Gasteiger partial charge in [-0.15, -0.1) is 33.7 Å². The zero-order valence-electron chi connectivity index (χ0n) is 26.1. The Morgan fingerprint density at radius 2 is 1.52 bits per heavy atom. The maximum absolute atomic E-state index is 3.90. The molecular formula is C41H43Zr-. The molecule has 1 atom stereocenters. The van der Waals surface area contributed by atoms with Crippen LogP contribution in [0.15, 0.2) is 125 Å². The van der Waals surface area contributed by atoms with Gasteiger partial charge in [0.2, 0.25) is 0 Å². The number of hydrogen-bond donors (Lipinski definition) is 0. The summed E-state index contributed by atoms with van der Waals surface area (Å²) < 4.78 is 1.42. The zero-order valence-corrected chi connectivity index (χ0v) is 28.5. The van der Waals surface area contributed by atoms with Crippen LogP contribution in [-0.2, 0) is 30.7 Å². The summed E-state index contributed by atoms with van der Waals surface area (Å²) in [6.07, 6.45) is 16.6. The molecule has 0 bridgehead atoms. The molecule has 3 aliphatic rings. The summed E-state index contributed by atoms with van der Waals surface area (Å²) >= 11 is 1.46. The SMILES string of the molecule is CCc1ccc2c(c1)=[C-]C1=C(C3=CC=CC3)C(CC)(C(C)C)C=C(C(C)C)C=21.[Zr]=[C](c1ccccc1)c1ccccc1. The predicted octanol–water partition coefficient (Wildman–Crippen LogP) is 8.70. The van der Waals surface area contributed by atoms with Crippen molar-refractivity contribution in [3.05, 3.63) is 153 Å². The summed E-state index contributed by atoms with van der Waals surface area (Å²) in [7, 11) is 0. The summed E-state index contributed by atoms with van der Waals surface area (Å²) in [6.45, 7) is 14.1. The third-order valence-corrected chi connectivity index (χ3v) is 10.6. The molecule has 1 unspecified atom stereocenters. The fraction of sp³-hybridized carbons (Fsp3) is 0.293. The van der Waals surface area contributed by atoms with Gasteiger partial charge in [0.05, 0.1) is 0 Å². The van der Waals surface area contributed by atoms with Gasteiger partial charge in [0.25, 0.3) is 0 Å². The van der Waals surface area contributed by atoms with Gasteiger partial charge in [0.15, 0.2) is 0 Å². The molecule has 0 radical (unpaired) electrons. The average molecular weight is 627 g/mol. The summed E-state index contributed by atoms with van der Waals surface area (Å²) in [5.74, 6) is 1.05. The van der Waals surface area contributed by atoms with Crippen LogP contribution in [0, 0.1) is 17.3 Å². The second-order valence-electron chi connectivity index (χ2n) is 12.2. The Balaban J connectivity index is 0.000000211. The Bertz CT molecular complexity index is 1670. The van der Waals surface area contributed by atoms with Crippen molar-refractivity contribution in [1.82, 2.24) is 0 Å². The molecule has 212 valence electrons. The molecule has 1 heteroatoms. The fourth-order valence-electron chi connectivity index (χ4n) is 6.67. The Hall–Kier alpha value is -2.89. The van der Waals surface area contributed by atoms with E-state index in [4.69, 9.17) is 0 Å². The number of rotatable bonds is 7. The first-order valence-electron chi connectivity index (χ1n) is 15.6. The molecule has 0 spiro atoms. The van der Waals surface area contributed by atoms with Crippen LogP contribution in [0.4, 0.5) is 0 Å². The van der Waals surface area contributed by atoms with Crippen molar-refractivity contribution in [2.45, 2.75) is 60.8 Å². The standard InChI is InChI=1S/C28H33.C13H10.Zr/c1-7-20-13-14-23-22(15-20)16-24-26(23)25(18(3)4)17-28(8-2,19(5)6)27(24)21-11-9-10-12-21;1-3-7-12(8-4-1)11-13-9-5-2-6-10-13;/h9-11,13-15,17-19H,7-8,12H2,1-6H3;1-10H;/q-1;;. The summed E-state index contributed by atoms with van der Waals surface area (Å²) in [4.78, 5) is 0. The van der Waals surface area contributed by atoms with Gasteiger partial charge >= 0.3 is 99.2 Å². The first kappa shape index (κ1) is 30.6. The molecule has 3 aromatic carbocycles. The van der Waals surface area contributed by atoms with Crippen molar-refractivity contribution < 1.29 is 24.2 Å². The minimum atomic E-state index is 0.0823. The molecule has 6 rings (SSSR count). The number of allylic oxidation sites excluding steroid dienone is 8. The molecule has 0 amide bonds. The second kappa shape index (κ2) is 13.2. The normalized spacial score (nSPS) is 18.7. The molecule has 42 heavy (non-hydrogen) atoms. The van der Waals surface area contributed by atoms with E-state index in [9.17, 15) is 0 Å². The van der Waals surface area contributed by atoms with Crippen LogP contribution < -0.4 is 10.4 Å². The fourth-order valence-corrected chi connectivity index (χ4v) is 7.49. The molecule has 3 aromatic rings. The minimum absolute atomic E-state index is 0.0823. The van der Waals surface area contributed by atoms with Crippen LogP contribution in [0.1, 0.15) is 71.1 Å². The van der Waals surface area contributed by atoms with Crippen molar-refractivity contribution in [2.24, 2.45) is 17.3 Å². The summed E-state index contributed by atoms with van der Waals surface area (Å²) in [5.41, 5.74) is 11.5. The molecule has 0 saturated carbocycles. The van der Waals surface area contributed by atoms with Crippen LogP contribution in [0.3, 0.4) is 0 Å². The number of fused-ring (bicyclic) bond motifs is 2. The van der Waals surface area contributed by atoms with Gasteiger partial charge < -0.3 is 0 Å². The van der Waals surface area contributed by atoms with E-state index in [-0.39, 0.29) is 5.41 Å². The molecule has 0 N–H and O–H groups in total. The van der Waals surface area contributed by atoms with Gasteiger partial charge in [-0.05, 0) is 36.5 Å². The monoisotopic (exact) mass is 625 g/mol. The maximum atomic E-state index is 3.90. The first-order valence-corrected chi connectivity index (χ1v) is 16.8. The molecular weight excluding hydrogens is 584 g/mol. The van der Waals surface area contributed by atoms with E-state index in [1.807, 2.05) is 0 Å². The van der Waals surface area contributed by atoms with E-state index in [0.717, 1.165) is 19.3 Å². The predicted molar refractivity (Wildman–Crippen MR) is 177 cm³/mol. The Kier molecular flexibility index (Phi) is 9.59. The zero-order chi connectivity index (χ0) is 29.9. The van der Waals surface area contributed by atoms with E-state index in [1.54, 1.807) is 0 Å². The molecule has 3 aliphatic carbocycles. The van der Waals surface area contributed by atoms with Crippen molar-refractivity contribution in [3.8, 4) is 0 Å². The first-order chi connectivity index (χ1) is 20.3. The Morgan fingerprint density at radius 1 is 0.881 bits per heavy atom. The molecule has 0 nitrogen and oxygen atoms in total. The Labute approximate surface area is 268 Å². The van der Waals surface area contributed by atoms with E-state index < -0.39 is 0 Å². The quantitative estimate of drug-likeness (QED) is 0.230. The number of benzene rings is 3. The summed E-state index contributed by atoms with van der Waals surface area (Å²) in [5, 5.41) is 2.67. The van der Waals surface area contributed by atoms with E-state index in [2.05, 4.69) is 151 Å². The van der Waals surface area contributed by atoms with E-state index in [1.165, 1.54) is 82.4 Å². The number of aryl methyl sites for hydroxylation is 1. The Morgan fingerprint density at radius 3 is 2.02 bits per heavy atom. The van der Waals surface area contributed by atoms with Gasteiger partial charge in [-0.1, -0.05) is 100 Å². The van der Waals surface area contributed by atoms with Crippen molar-refractivity contribution in [3.63, 3.8) is 0 Å². The van der Waals surface area contributed by atoms with Gasteiger partial charge in [-0.25, -0.2) is 0 Å². The van der Waals surface area contributed by atoms with Gasteiger partial charge in [-0.3, -0.25) is 0 Å². The molecule has 0 heterocycles. The van der Waals surface area contributed by atoms with Crippen molar-refractivity contribution in [2.75, 3.05) is 0 Å². The molecule has 0 aromatic heterocycles.